The van der Waals surface area contributed by atoms with Crippen LogP contribution >= 0.6 is 24.0 Å². The van der Waals surface area contributed by atoms with Crippen LogP contribution in [0.3, 0.4) is 0 Å². The lowest BCUT2D eigenvalue weighted by molar-refractivity contribution is 0.311. The fraction of sp³-hybridized carbons (Fsp3) is 0.417. The summed E-state index contributed by atoms with van der Waals surface area (Å²) in [6.45, 7) is 2.53. The fourth-order valence-corrected chi connectivity index (χ4v) is 1.39. The first-order chi connectivity index (χ1) is 8.24. The maximum absolute atomic E-state index is 5.49. The number of aliphatic imine (C=N–C) groups is 1. The van der Waals surface area contributed by atoms with E-state index in [4.69, 9.17) is 9.47 Å². The maximum Gasteiger partial charge on any atom is 0.195 e. The predicted octanol–water partition coefficient (Wildman–Crippen LogP) is 2.33. The Hall–Kier alpha value is -1.18. The molecule has 0 saturated carbocycles. The van der Waals surface area contributed by atoms with E-state index >= 15 is 0 Å². The summed E-state index contributed by atoms with van der Waals surface area (Å²) < 4.78 is 10.7. The third-order valence-corrected chi connectivity index (χ3v) is 2.19. The Labute approximate surface area is 125 Å². The second-order valence-corrected chi connectivity index (χ2v) is 3.25. The highest BCUT2D eigenvalue weighted by Gasteiger charge is 2.05. The van der Waals surface area contributed by atoms with Crippen molar-refractivity contribution in [3.63, 3.8) is 0 Å². The molecule has 0 fully saturated rings. The SMILES string of the molecule is CCOc1cc(NC(=NC)NC)ccc1OC.I. The van der Waals surface area contributed by atoms with Crippen LogP contribution in [0, 0.1) is 0 Å². The van der Waals surface area contributed by atoms with Crippen LogP contribution in [0.25, 0.3) is 0 Å². The number of hydrogen-bond acceptors (Lipinski definition) is 3. The largest absolute Gasteiger partial charge is 0.493 e. The van der Waals surface area contributed by atoms with Gasteiger partial charge in [0.15, 0.2) is 17.5 Å². The number of nitrogens with zero attached hydrogens (tertiary/aromatic N) is 1. The van der Waals surface area contributed by atoms with Crippen LogP contribution in [-0.2, 0) is 0 Å². The van der Waals surface area contributed by atoms with Crippen LogP contribution in [0.15, 0.2) is 23.2 Å². The lowest BCUT2D eigenvalue weighted by atomic mass is 10.2. The molecule has 0 radical (unpaired) electrons. The van der Waals surface area contributed by atoms with E-state index < -0.39 is 0 Å². The number of rotatable bonds is 4. The molecule has 0 atom stereocenters. The Morgan fingerprint density at radius 2 is 2.06 bits per heavy atom. The summed E-state index contributed by atoms with van der Waals surface area (Å²) in [6, 6.07) is 5.64. The molecule has 2 N–H and O–H groups in total. The molecule has 0 spiro atoms. The number of nitrogens with one attached hydrogen (secondary N) is 2. The molecule has 1 aromatic carbocycles. The van der Waals surface area contributed by atoms with Gasteiger partial charge in [-0.05, 0) is 19.1 Å². The molecule has 18 heavy (non-hydrogen) atoms. The smallest absolute Gasteiger partial charge is 0.195 e. The maximum atomic E-state index is 5.49. The topological polar surface area (TPSA) is 54.9 Å². The third kappa shape index (κ3) is 4.59. The number of benzene rings is 1. The van der Waals surface area contributed by atoms with Gasteiger partial charge in [0.25, 0.3) is 0 Å². The van der Waals surface area contributed by atoms with E-state index in [1.165, 1.54) is 0 Å². The molecule has 0 aromatic heterocycles. The van der Waals surface area contributed by atoms with Crippen LogP contribution in [0.1, 0.15) is 6.92 Å². The number of anilines is 1. The molecule has 5 nitrogen and oxygen atoms in total. The monoisotopic (exact) mass is 365 g/mol. The Morgan fingerprint density at radius 3 is 2.56 bits per heavy atom. The first-order valence-electron chi connectivity index (χ1n) is 5.47. The summed E-state index contributed by atoms with van der Waals surface area (Å²) in [4.78, 5) is 4.04. The van der Waals surface area contributed by atoms with Gasteiger partial charge in [-0.25, -0.2) is 0 Å². The standard InChI is InChI=1S/C12H19N3O2.HI/c1-5-17-11-8-9(6-7-10(11)16-4)15-12(13-2)14-3;/h6-8H,5H2,1-4H3,(H2,13,14,15);1H. The van der Waals surface area contributed by atoms with Gasteiger partial charge < -0.3 is 20.1 Å². The first-order valence-corrected chi connectivity index (χ1v) is 5.47. The number of ether oxygens (including phenoxy) is 2. The molecule has 0 aliphatic carbocycles. The van der Waals surface area contributed by atoms with Crippen molar-refractivity contribution in [2.45, 2.75) is 6.92 Å². The average molecular weight is 365 g/mol. The zero-order valence-corrected chi connectivity index (χ0v) is 13.4. The molecule has 0 aliphatic heterocycles. The zero-order chi connectivity index (χ0) is 12.7. The van der Waals surface area contributed by atoms with E-state index in [1.807, 2.05) is 32.2 Å². The quantitative estimate of drug-likeness (QED) is 0.489. The van der Waals surface area contributed by atoms with E-state index in [2.05, 4.69) is 15.6 Å². The van der Waals surface area contributed by atoms with Gasteiger partial charge in [0.2, 0.25) is 0 Å². The van der Waals surface area contributed by atoms with Gasteiger partial charge in [0.1, 0.15) is 0 Å². The molecule has 0 unspecified atom stereocenters. The van der Waals surface area contributed by atoms with Crippen LogP contribution < -0.4 is 20.1 Å². The summed E-state index contributed by atoms with van der Waals surface area (Å²) in [5, 5.41) is 6.08. The molecule has 6 heteroatoms. The number of guanidine groups is 1. The van der Waals surface area contributed by atoms with Crippen molar-refractivity contribution in [2.24, 2.45) is 4.99 Å². The van der Waals surface area contributed by atoms with Gasteiger partial charge in [0, 0.05) is 25.8 Å². The van der Waals surface area contributed by atoms with Gasteiger partial charge >= 0.3 is 0 Å². The van der Waals surface area contributed by atoms with Crippen molar-refractivity contribution in [3.05, 3.63) is 18.2 Å². The Balaban J connectivity index is 0.00000289. The zero-order valence-electron chi connectivity index (χ0n) is 11.1. The van der Waals surface area contributed by atoms with Gasteiger partial charge in [-0.1, -0.05) is 0 Å². The Kier molecular flexibility index (Phi) is 8.27. The van der Waals surface area contributed by atoms with E-state index in [0.29, 0.717) is 18.3 Å². The molecule has 0 heterocycles. The van der Waals surface area contributed by atoms with Crippen molar-refractivity contribution >= 4 is 35.6 Å². The highest BCUT2D eigenvalue weighted by atomic mass is 127. The molecule has 1 rings (SSSR count). The minimum Gasteiger partial charge on any atom is -0.493 e. The highest BCUT2D eigenvalue weighted by molar-refractivity contribution is 14.0. The molecule has 0 aliphatic rings. The van der Waals surface area contributed by atoms with Crippen molar-refractivity contribution in [3.8, 4) is 11.5 Å². The van der Waals surface area contributed by atoms with Crippen molar-refractivity contribution in [1.29, 1.82) is 0 Å². The highest BCUT2D eigenvalue weighted by Crippen LogP contribution is 2.30. The Morgan fingerprint density at radius 1 is 1.33 bits per heavy atom. The molecular weight excluding hydrogens is 345 g/mol. The van der Waals surface area contributed by atoms with Crippen LogP contribution in [-0.4, -0.2) is 33.8 Å². The van der Waals surface area contributed by atoms with Gasteiger partial charge in [0.05, 0.1) is 13.7 Å². The van der Waals surface area contributed by atoms with Gasteiger partial charge in [-0.15, -0.1) is 24.0 Å². The van der Waals surface area contributed by atoms with Crippen molar-refractivity contribution in [1.82, 2.24) is 5.32 Å². The summed E-state index contributed by atoms with van der Waals surface area (Å²) in [6.07, 6.45) is 0. The van der Waals surface area contributed by atoms with E-state index in [0.717, 1.165) is 11.4 Å². The molecule has 102 valence electrons. The van der Waals surface area contributed by atoms with Crippen LogP contribution in [0.4, 0.5) is 5.69 Å². The third-order valence-electron chi connectivity index (χ3n) is 2.19. The lowest BCUT2D eigenvalue weighted by Crippen LogP contribution is -2.26. The van der Waals surface area contributed by atoms with E-state index in [9.17, 15) is 0 Å². The molecule has 1 aromatic rings. The number of methoxy groups -OCH3 is 1. The van der Waals surface area contributed by atoms with Crippen LogP contribution in [0.5, 0.6) is 11.5 Å². The normalized spacial score (nSPS) is 10.3. The van der Waals surface area contributed by atoms with Crippen LogP contribution in [0.2, 0.25) is 0 Å². The molecule has 0 saturated heterocycles. The summed E-state index contributed by atoms with van der Waals surface area (Å²) in [7, 11) is 5.14. The molecule has 0 bridgehead atoms. The average Bonchev–Trinajstić information content (AvgIpc) is 2.36. The summed E-state index contributed by atoms with van der Waals surface area (Å²) in [5.41, 5.74) is 0.893. The molecular formula is C12H20IN3O2. The van der Waals surface area contributed by atoms with E-state index in [1.54, 1.807) is 14.2 Å². The van der Waals surface area contributed by atoms with Crippen molar-refractivity contribution in [2.75, 3.05) is 33.1 Å². The fourth-order valence-electron chi connectivity index (χ4n) is 1.39. The van der Waals surface area contributed by atoms with Crippen molar-refractivity contribution < 1.29 is 9.47 Å². The van der Waals surface area contributed by atoms with Gasteiger partial charge in [-0.3, -0.25) is 4.99 Å². The molecule has 0 amide bonds. The number of hydrogen-bond donors (Lipinski definition) is 2. The second-order valence-electron chi connectivity index (χ2n) is 3.25. The van der Waals surface area contributed by atoms with Gasteiger partial charge in [-0.2, -0.15) is 0 Å². The number of halogens is 1. The summed E-state index contributed by atoms with van der Waals surface area (Å²) >= 11 is 0. The minimum atomic E-state index is 0. The Bertz CT molecular complexity index is 397. The second kappa shape index (κ2) is 8.84. The van der Waals surface area contributed by atoms with E-state index in [-0.39, 0.29) is 24.0 Å². The predicted molar refractivity (Wildman–Crippen MR) is 85.6 cm³/mol. The summed E-state index contributed by atoms with van der Waals surface area (Å²) in [5.74, 6) is 2.13. The minimum absolute atomic E-state index is 0. The first kappa shape index (κ1) is 16.8. The lowest BCUT2D eigenvalue weighted by Gasteiger charge is -2.13.